The van der Waals surface area contributed by atoms with Gasteiger partial charge in [-0.25, -0.2) is 0 Å². The molecule has 0 amide bonds. The van der Waals surface area contributed by atoms with Crippen molar-refractivity contribution in [2.45, 2.75) is 33.2 Å². The number of anilines is 2. The van der Waals surface area contributed by atoms with Gasteiger partial charge in [0.05, 0.1) is 0 Å². The van der Waals surface area contributed by atoms with Crippen LogP contribution in [0.3, 0.4) is 0 Å². The van der Waals surface area contributed by atoms with Gasteiger partial charge in [-0.15, -0.1) is 0 Å². The van der Waals surface area contributed by atoms with Crippen LogP contribution in [0.5, 0.6) is 0 Å². The van der Waals surface area contributed by atoms with Crippen LogP contribution in [0.2, 0.25) is 0 Å². The van der Waals surface area contributed by atoms with Gasteiger partial charge in [-0.1, -0.05) is 19.9 Å². The molecule has 2 nitrogen and oxygen atoms in total. The highest BCUT2D eigenvalue weighted by molar-refractivity contribution is 5.60. The zero-order chi connectivity index (χ0) is 10.3. The summed E-state index contributed by atoms with van der Waals surface area (Å²) >= 11 is 0. The lowest BCUT2D eigenvalue weighted by molar-refractivity contribution is 0.630. The molecular weight excluding hydrogens is 172 g/mol. The van der Waals surface area contributed by atoms with Crippen LogP contribution in [0.4, 0.5) is 11.4 Å². The minimum Gasteiger partial charge on any atom is -0.399 e. The standard InChI is InChI=1S/C12H18N2/c1-8-4-5-9(13)6-10(8)14-11-7-12(11,2)3/h4-6,11,14H,7,13H2,1-3H3. The minimum atomic E-state index is 0.455. The Kier molecular flexibility index (Phi) is 1.95. The molecule has 76 valence electrons. The molecule has 0 aromatic heterocycles. The van der Waals surface area contributed by atoms with E-state index in [0.29, 0.717) is 11.5 Å². The number of benzene rings is 1. The molecule has 1 aromatic rings. The van der Waals surface area contributed by atoms with Crippen LogP contribution in [-0.2, 0) is 0 Å². The summed E-state index contributed by atoms with van der Waals surface area (Å²) in [5, 5.41) is 3.54. The van der Waals surface area contributed by atoms with Crippen molar-refractivity contribution in [2.24, 2.45) is 5.41 Å². The summed E-state index contributed by atoms with van der Waals surface area (Å²) < 4.78 is 0. The highest BCUT2D eigenvalue weighted by atomic mass is 15.0. The van der Waals surface area contributed by atoms with E-state index < -0.39 is 0 Å². The van der Waals surface area contributed by atoms with Crippen LogP contribution in [0.25, 0.3) is 0 Å². The molecule has 0 bridgehead atoms. The van der Waals surface area contributed by atoms with Crippen molar-refractivity contribution in [2.75, 3.05) is 11.1 Å². The van der Waals surface area contributed by atoms with Crippen molar-refractivity contribution in [3.05, 3.63) is 23.8 Å². The largest absolute Gasteiger partial charge is 0.399 e. The highest BCUT2D eigenvalue weighted by Gasteiger charge is 2.45. The quantitative estimate of drug-likeness (QED) is 0.704. The summed E-state index contributed by atoms with van der Waals surface area (Å²) in [5.41, 5.74) is 9.48. The summed E-state index contributed by atoms with van der Waals surface area (Å²) in [7, 11) is 0. The first kappa shape index (κ1) is 9.38. The van der Waals surface area contributed by atoms with E-state index in [1.54, 1.807) is 0 Å². The predicted molar refractivity (Wildman–Crippen MR) is 61.4 cm³/mol. The number of nitrogens with two attached hydrogens (primary N) is 1. The Morgan fingerprint density at radius 3 is 2.64 bits per heavy atom. The van der Waals surface area contributed by atoms with E-state index in [2.05, 4.69) is 32.2 Å². The van der Waals surface area contributed by atoms with E-state index in [0.717, 1.165) is 5.69 Å². The Morgan fingerprint density at radius 1 is 1.43 bits per heavy atom. The fourth-order valence-corrected chi connectivity index (χ4v) is 1.70. The molecule has 1 saturated carbocycles. The Balaban J connectivity index is 2.13. The lowest BCUT2D eigenvalue weighted by Crippen LogP contribution is -2.09. The van der Waals surface area contributed by atoms with Crippen molar-refractivity contribution in [3.8, 4) is 0 Å². The van der Waals surface area contributed by atoms with Gasteiger partial charge in [-0.2, -0.15) is 0 Å². The first-order valence-corrected chi connectivity index (χ1v) is 5.12. The molecule has 1 fully saturated rings. The molecule has 1 unspecified atom stereocenters. The molecule has 0 heterocycles. The Labute approximate surface area is 85.5 Å². The monoisotopic (exact) mass is 190 g/mol. The molecular formula is C12H18N2. The summed E-state index contributed by atoms with van der Waals surface area (Å²) in [4.78, 5) is 0. The van der Waals surface area contributed by atoms with Crippen molar-refractivity contribution < 1.29 is 0 Å². The SMILES string of the molecule is Cc1ccc(N)cc1NC1CC1(C)C. The molecule has 1 aromatic carbocycles. The zero-order valence-corrected chi connectivity index (χ0v) is 9.09. The van der Waals surface area contributed by atoms with Gasteiger partial charge < -0.3 is 11.1 Å². The average molecular weight is 190 g/mol. The highest BCUT2D eigenvalue weighted by Crippen LogP contribution is 2.46. The van der Waals surface area contributed by atoms with Gasteiger partial charge >= 0.3 is 0 Å². The van der Waals surface area contributed by atoms with Crippen molar-refractivity contribution in [1.29, 1.82) is 0 Å². The van der Waals surface area contributed by atoms with E-state index in [4.69, 9.17) is 5.73 Å². The molecule has 0 aliphatic heterocycles. The van der Waals surface area contributed by atoms with Crippen LogP contribution in [0.1, 0.15) is 25.8 Å². The van der Waals surface area contributed by atoms with Crippen LogP contribution in [0, 0.1) is 12.3 Å². The number of nitrogen functional groups attached to an aromatic ring is 1. The summed E-state index contributed by atoms with van der Waals surface area (Å²) in [5.74, 6) is 0. The molecule has 2 rings (SSSR count). The van der Waals surface area contributed by atoms with Crippen LogP contribution >= 0.6 is 0 Å². The van der Waals surface area contributed by atoms with Crippen molar-refractivity contribution in [3.63, 3.8) is 0 Å². The maximum absolute atomic E-state index is 5.75. The lowest BCUT2D eigenvalue weighted by Gasteiger charge is -2.11. The summed E-state index contributed by atoms with van der Waals surface area (Å²) in [6.07, 6.45) is 1.25. The maximum Gasteiger partial charge on any atom is 0.0392 e. The van der Waals surface area contributed by atoms with Gasteiger partial charge in [-0.05, 0) is 36.5 Å². The van der Waals surface area contributed by atoms with Crippen LogP contribution in [-0.4, -0.2) is 6.04 Å². The first-order valence-electron chi connectivity index (χ1n) is 5.12. The molecule has 0 saturated heterocycles. The fourth-order valence-electron chi connectivity index (χ4n) is 1.70. The molecule has 14 heavy (non-hydrogen) atoms. The van der Waals surface area contributed by atoms with E-state index in [9.17, 15) is 0 Å². The average Bonchev–Trinajstić information content (AvgIpc) is 2.67. The third-order valence-corrected chi connectivity index (χ3v) is 3.10. The zero-order valence-electron chi connectivity index (χ0n) is 9.09. The molecule has 1 atom stereocenters. The van der Waals surface area contributed by atoms with Gasteiger partial charge in [0.25, 0.3) is 0 Å². The summed E-state index contributed by atoms with van der Waals surface area (Å²) in [6.45, 7) is 6.68. The molecule has 2 heteroatoms. The van der Waals surface area contributed by atoms with Crippen molar-refractivity contribution >= 4 is 11.4 Å². The fraction of sp³-hybridized carbons (Fsp3) is 0.500. The molecule has 0 radical (unpaired) electrons. The van der Waals surface area contributed by atoms with E-state index >= 15 is 0 Å². The predicted octanol–water partition coefficient (Wildman–Crippen LogP) is 2.79. The van der Waals surface area contributed by atoms with Gasteiger partial charge in [0, 0.05) is 17.4 Å². The first-order chi connectivity index (χ1) is 6.49. The Bertz CT molecular complexity index is 355. The number of nitrogens with one attached hydrogen (secondary N) is 1. The Hall–Kier alpha value is -1.18. The third kappa shape index (κ3) is 1.69. The van der Waals surface area contributed by atoms with Gasteiger partial charge in [0.2, 0.25) is 0 Å². The third-order valence-electron chi connectivity index (χ3n) is 3.10. The number of rotatable bonds is 2. The van der Waals surface area contributed by atoms with Gasteiger partial charge in [0.15, 0.2) is 0 Å². The second-order valence-electron chi connectivity index (χ2n) is 4.96. The van der Waals surface area contributed by atoms with Crippen LogP contribution < -0.4 is 11.1 Å². The molecule has 1 aliphatic carbocycles. The minimum absolute atomic E-state index is 0.455. The van der Waals surface area contributed by atoms with E-state index in [1.807, 2.05) is 12.1 Å². The summed E-state index contributed by atoms with van der Waals surface area (Å²) in [6, 6.07) is 6.64. The van der Waals surface area contributed by atoms with Crippen LogP contribution in [0.15, 0.2) is 18.2 Å². The molecule has 0 spiro atoms. The number of hydrogen-bond acceptors (Lipinski definition) is 2. The molecule has 1 aliphatic rings. The number of aryl methyl sites for hydroxylation is 1. The lowest BCUT2D eigenvalue weighted by atomic mass is 10.1. The normalized spacial score (nSPS) is 23.2. The smallest absolute Gasteiger partial charge is 0.0392 e. The topological polar surface area (TPSA) is 38.0 Å². The maximum atomic E-state index is 5.75. The van der Waals surface area contributed by atoms with Crippen molar-refractivity contribution in [1.82, 2.24) is 0 Å². The second-order valence-corrected chi connectivity index (χ2v) is 4.96. The second kappa shape index (κ2) is 2.91. The van der Waals surface area contributed by atoms with Gasteiger partial charge in [-0.3, -0.25) is 0 Å². The van der Waals surface area contributed by atoms with E-state index in [1.165, 1.54) is 17.7 Å². The van der Waals surface area contributed by atoms with E-state index in [-0.39, 0.29) is 0 Å². The van der Waals surface area contributed by atoms with Gasteiger partial charge in [0.1, 0.15) is 0 Å². The number of hydrogen-bond donors (Lipinski definition) is 2. The Morgan fingerprint density at radius 2 is 2.07 bits per heavy atom. The molecule has 3 N–H and O–H groups in total.